The predicted molar refractivity (Wildman–Crippen MR) is 150 cm³/mol. The van der Waals surface area contributed by atoms with Crippen LogP contribution in [0.2, 0.25) is 0 Å². The first-order valence-corrected chi connectivity index (χ1v) is 12.0. The molecule has 1 heterocycles. The Bertz CT molecular complexity index is 1060. The Kier molecular flexibility index (Phi) is 11.0. The largest absolute Gasteiger partial charge is 0.507 e. The van der Waals surface area contributed by atoms with Crippen LogP contribution >= 0.6 is 12.4 Å². The summed E-state index contributed by atoms with van der Waals surface area (Å²) in [6.45, 7) is 14.2. The topological polar surface area (TPSA) is 90.2 Å². The Balaban J connectivity index is 0.00000324. The second-order valence-corrected chi connectivity index (χ2v) is 11.4. The van der Waals surface area contributed by atoms with E-state index in [-0.39, 0.29) is 28.7 Å². The molecule has 0 unspecified atom stereocenters. The molecular formula is C29H43ClN2O4. The Morgan fingerprint density at radius 2 is 1.47 bits per heavy atom. The highest BCUT2D eigenvalue weighted by molar-refractivity contribution is 5.85. The smallest absolute Gasteiger partial charge is 0.226 e. The van der Waals surface area contributed by atoms with Crippen molar-refractivity contribution < 1.29 is 19.7 Å². The van der Waals surface area contributed by atoms with Gasteiger partial charge in [0.15, 0.2) is 0 Å². The third kappa shape index (κ3) is 8.26. The molecule has 0 aliphatic rings. The summed E-state index contributed by atoms with van der Waals surface area (Å²) in [6, 6.07) is 12.3. The molecule has 3 N–H and O–H groups in total. The van der Waals surface area contributed by atoms with E-state index in [1.54, 1.807) is 6.26 Å². The number of nitrogens with zero attached hydrogens (tertiary/aromatic N) is 2. The summed E-state index contributed by atoms with van der Waals surface area (Å²) >= 11 is 0. The number of benzene rings is 2. The fraction of sp³-hybridized carbons (Fsp3) is 0.483. The number of aromatic hydroxyl groups is 1. The van der Waals surface area contributed by atoms with Crippen LogP contribution in [-0.2, 0) is 23.7 Å². The summed E-state index contributed by atoms with van der Waals surface area (Å²) in [5.41, 5.74) is 4.42. The quantitative estimate of drug-likeness (QED) is 0.397. The van der Waals surface area contributed by atoms with Gasteiger partial charge in [-0.05, 0) is 61.2 Å². The van der Waals surface area contributed by atoms with Gasteiger partial charge in [0, 0.05) is 29.7 Å². The normalized spacial score (nSPS) is 11.7. The van der Waals surface area contributed by atoms with Crippen LogP contribution in [0.5, 0.6) is 11.5 Å². The molecule has 0 spiro atoms. The third-order valence-electron chi connectivity index (χ3n) is 5.92. The van der Waals surface area contributed by atoms with Gasteiger partial charge in [-0.25, -0.2) is 4.98 Å². The number of phenolic OH excluding ortho intramolecular Hbond substituents is 1. The summed E-state index contributed by atoms with van der Waals surface area (Å²) in [5, 5.41) is 11.0. The second kappa shape index (κ2) is 12.6. The van der Waals surface area contributed by atoms with Crippen LogP contribution in [-0.4, -0.2) is 47.7 Å². The molecule has 0 amide bonds. The summed E-state index contributed by atoms with van der Waals surface area (Å²) in [7, 11) is 4.17. The number of rotatable bonds is 8. The number of oxazole rings is 1. The predicted octanol–water partition coefficient (Wildman–Crippen LogP) is 5.96. The minimum Gasteiger partial charge on any atom is -0.507 e. The van der Waals surface area contributed by atoms with E-state index in [0.717, 1.165) is 41.1 Å². The number of aromatic nitrogens is 1. The van der Waals surface area contributed by atoms with Crippen molar-refractivity contribution in [1.29, 1.82) is 0 Å². The number of likely N-dealkylation sites (N-methyl/N-ethyl adjacent to an activating group) is 1. The molecule has 1 aromatic heterocycles. The van der Waals surface area contributed by atoms with Gasteiger partial charge in [0.25, 0.3) is 0 Å². The minimum atomic E-state index is -0.203. The zero-order chi connectivity index (χ0) is 25.1. The number of hydrogen-bond acceptors (Lipinski definition) is 5. The molecule has 36 heavy (non-hydrogen) atoms. The molecule has 0 aliphatic heterocycles. The lowest BCUT2D eigenvalue weighted by atomic mass is 9.78. The summed E-state index contributed by atoms with van der Waals surface area (Å²) in [5.74, 6) is 1.79. The number of hydrogen-bond donors (Lipinski definition) is 1. The van der Waals surface area contributed by atoms with E-state index < -0.39 is 0 Å². The molecule has 3 rings (SSSR count). The maximum Gasteiger partial charge on any atom is 0.226 e. The van der Waals surface area contributed by atoms with E-state index in [0.29, 0.717) is 24.7 Å². The molecule has 2 aromatic carbocycles. The lowest BCUT2D eigenvalue weighted by Crippen LogP contribution is -2.17. The molecule has 3 aromatic rings. The second-order valence-electron chi connectivity index (χ2n) is 11.4. The van der Waals surface area contributed by atoms with E-state index in [4.69, 9.17) is 14.1 Å². The van der Waals surface area contributed by atoms with E-state index in [2.05, 4.69) is 72.7 Å². The van der Waals surface area contributed by atoms with Crippen LogP contribution in [0, 0.1) is 0 Å². The maximum absolute atomic E-state index is 11.0. The zero-order valence-corrected chi connectivity index (χ0v) is 23.8. The van der Waals surface area contributed by atoms with Gasteiger partial charge in [-0.2, -0.15) is 0 Å². The molecule has 6 nitrogen and oxygen atoms in total. The molecular weight excluding hydrogens is 476 g/mol. The molecule has 0 aliphatic carbocycles. The SMILES string of the molecule is CN(C)CCc1ccc(OCCc2coc(-c3cc(C(C)(C)C)c(O)c(C(C)(C)C)c3)n2)cc1.Cl.O. The highest BCUT2D eigenvalue weighted by Gasteiger charge is 2.27. The Labute approximate surface area is 222 Å². The van der Waals surface area contributed by atoms with E-state index >= 15 is 0 Å². The fourth-order valence-corrected chi connectivity index (χ4v) is 3.83. The standard InChI is InChI=1S/C29H40N2O3.ClH.H2O/c1-28(2,3)24-17-21(18-25(26(24)32)29(4,5)6)27-30-22(19-34-27)14-16-33-23-11-9-20(10-12-23)13-15-31(7)8;;/h9-12,17-19,32H,13-16H2,1-8H3;1H;1H2. The average molecular weight is 519 g/mol. The highest BCUT2D eigenvalue weighted by atomic mass is 35.5. The van der Waals surface area contributed by atoms with Gasteiger partial charge in [-0.1, -0.05) is 53.7 Å². The number of phenols is 1. The van der Waals surface area contributed by atoms with Gasteiger partial charge in [-0.3, -0.25) is 0 Å². The minimum absolute atomic E-state index is 0. The summed E-state index contributed by atoms with van der Waals surface area (Å²) in [4.78, 5) is 6.89. The molecule has 0 radical (unpaired) electrons. The van der Waals surface area contributed by atoms with Gasteiger partial charge in [0.05, 0.1) is 12.3 Å². The van der Waals surface area contributed by atoms with Gasteiger partial charge >= 0.3 is 0 Å². The third-order valence-corrected chi connectivity index (χ3v) is 5.92. The Morgan fingerprint density at radius 3 is 1.97 bits per heavy atom. The van der Waals surface area contributed by atoms with Crippen LogP contribution in [0.15, 0.2) is 47.1 Å². The van der Waals surface area contributed by atoms with Gasteiger partial charge in [-0.15, -0.1) is 12.4 Å². The molecule has 0 bridgehead atoms. The van der Waals surface area contributed by atoms with Crippen molar-refractivity contribution in [2.24, 2.45) is 0 Å². The summed E-state index contributed by atoms with van der Waals surface area (Å²) < 4.78 is 11.8. The van der Waals surface area contributed by atoms with Crippen molar-refractivity contribution in [2.75, 3.05) is 27.2 Å². The van der Waals surface area contributed by atoms with Crippen LogP contribution in [0.1, 0.15) is 63.9 Å². The average Bonchev–Trinajstić information content (AvgIpc) is 3.20. The van der Waals surface area contributed by atoms with Crippen LogP contribution in [0.3, 0.4) is 0 Å². The monoisotopic (exact) mass is 518 g/mol. The van der Waals surface area contributed by atoms with Gasteiger partial charge in [0.2, 0.25) is 5.89 Å². The van der Waals surface area contributed by atoms with E-state index in [1.165, 1.54) is 5.56 Å². The van der Waals surface area contributed by atoms with Crippen molar-refractivity contribution in [3.05, 3.63) is 65.0 Å². The van der Waals surface area contributed by atoms with Crippen LogP contribution in [0.4, 0.5) is 0 Å². The maximum atomic E-state index is 11.0. The molecule has 0 saturated carbocycles. The van der Waals surface area contributed by atoms with Crippen molar-refractivity contribution in [3.63, 3.8) is 0 Å². The summed E-state index contributed by atoms with van der Waals surface area (Å²) in [6.07, 6.45) is 3.38. The van der Waals surface area contributed by atoms with E-state index in [1.807, 2.05) is 24.3 Å². The molecule has 0 atom stereocenters. The van der Waals surface area contributed by atoms with Gasteiger partial charge in [0.1, 0.15) is 17.8 Å². The zero-order valence-electron chi connectivity index (χ0n) is 22.9. The Morgan fingerprint density at radius 1 is 0.917 bits per heavy atom. The number of halogens is 1. The fourth-order valence-electron chi connectivity index (χ4n) is 3.83. The van der Waals surface area contributed by atoms with E-state index in [9.17, 15) is 5.11 Å². The first-order valence-electron chi connectivity index (χ1n) is 12.0. The number of ether oxygens (including phenoxy) is 1. The molecule has 200 valence electrons. The highest BCUT2D eigenvalue weighted by Crippen LogP contribution is 2.41. The van der Waals surface area contributed by atoms with Crippen molar-refractivity contribution in [1.82, 2.24) is 9.88 Å². The van der Waals surface area contributed by atoms with Crippen molar-refractivity contribution >= 4 is 12.4 Å². The van der Waals surface area contributed by atoms with Crippen LogP contribution in [0.25, 0.3) is 11.5 Å². The lowest BCUT2D eigenvalue weighted by molar-refractivity contribution is 0.320. The van der Waals surface area contributed by atoms with Crippen molar-refractivity contribution in [3.8, 4) is 23.0 Å². The Hall–Kier alpha value is -2.54. The van der Waals surface area contributed by atoms with Gasteiger partial charge < -0.3 is 24.6 Å². The first kappa shape index (κ1) is 31.5. The molecule has 7 heteroatoms. The molecule has 0 fully saturated rings. The first-order chi connectivity index (χ1) is 15.8. The molecule has 0 saturated heterocycles. The van der Waals surface area contributed by atoms with Crippen LogP contribution < -0.4 is 4.74 Å². The van der Waals surface area contributed by atoms with Crippen molar-refractivity contribution in [2.45, 2.75) is 65.2 Å². The lowest BCUT2D eigenvalue weighted by Gasteiger charge is -2.27.